The predicted octanol–water partition coefficient (Wildman–Crippen LogP) is 1.79. The van der Waals surface area contributed by atoms with Gasteiger partial charge in [0.2, 0.25) is 21.9 Å². The maximum atomic E-state index is 13.1. The fourth-order valence-corrected chi connectivity index (χ4v) is 6.16. The van der Waals surface area contributed by atoms with Crippen LogP contribution in [0.4, 0.5) is 11.6 Å². The van der Waals surface area contributed by atoms with Crippen molar-refractivity contribution in [1.29, 1.82) is 0 Å². The summed E-state index contributed by atoms with van der Waals surface area (Å²) in [4.78, 5) is 37.9. The van der Waals surface area contributed by atoms with E-state index in [-0.39, 0.29) is 27.9 Å². The standard InChI is InChI=1S/C20H22ClN5O4S/c1-20(2)13-31(29,30)26(18(20)28)16-12-14(4-5-15(16)21)17(27)24-8-10-25(11-9-24)19-22-6-3-7-23-19/h3-7,12H,8-11,13H2,1-2H3. The van der Waals surface area contributed by atoms with E-state index in [0.717, 1.165) is 4.31 Å². The summed E-state index contributed by atoms with van der Waals surface area (Å²) in [6, 6.07) is 6.12. The Labute approximate surface area is 185 Å². The van der Waals surface area contributed by atoms with Gasteiger partial charge in [-0.1, -0.05) is 11.6 Å². The van der Waals surface area contributed by atoms with E-state index in [1.165, 1.54) is 12.1 Å². The van der Waals surface area contributed by atoms with Crippen molar-refractivity contribution in [3.05, 3.63) is 47.2 Å². The molecule has 0 spiro atoms. The van der Waals surface area contributed by atoms with Crippen LogP contribution in [0.5, 0.6) is 0 Å². The van der Waals surface area contributed by atoms with Gasteiger partial charge in [0.1, 0.15) is 0 Å². The van der Waals surface area contributed by atoms with E-state index in [1.807, 2.05) is 4.90 Å². The van der Waals surface area contributed by atoms with Crippen LogP contribution in [0.3, 0.4) is 0 Å². The van der Waals surface area contributed by atoms with Crippen LogP contribution in [-0.2, 0) is 14.8 Å². The van der Waals surface area contributed by atoms with Gasteiger partial charge in [0, 0.05) is 44.1 Å². The van der Waals surface area contributed by atoms with E-state index in [0.29, 0.717) is 32.1 Å². The Bertz CT molecular complexity index is 1130. The molecule has 9 nitrogen and oxygen atoms in total. The molecule has 0 saturated carbocycles. The van der Waals surface area contributed by atoms with Crippen LogP contribution in [0.1, 0.15) is 24.2 Å². The molecule has 2 aromatic rings. The Balaban J connectivity index is 1.55. The van der Waals surface area contributed by atoms with Crippen LogP contribution in [-0.4, -0.2) is 67.0 Å². The van der Waals surface area contributed by atoms with Gasteiger partial charge >= 0.3 is 0 Å². The highest BCUT2D eigenvalue weighted by molar-refractivity contribution is 7.94. The molecule has 0 radical (unpaired) electrons. The molecule has 0 N–H and O–H groups in total. The maximum Gasteiger partial charge on any atom is 0.254 e. The van der Waals surface area contributed by atoms with Crippen molar-refractivity contribution in [3.8, 4) is 0 Å². The molecular weight excluding hydrogens is 442 g/mol. The lowest BCUT2D eigenvalue weighted by molar-refractivity contribution is -0.123. The first-order chi connectivity index (χ1) is 14.6. The number of benzene rings is 1. The van der Waals surface area contributed by atoms with Gasteiger partial charge in [-0.05, 0) is 38.1 Å². The van der Waals surface area contributed by atoms with E-state index in [4.69, 9.17) is 11.6 Å². The van der Waals surface area contributed by atoms with Gasteiger partial charge in [0.25, 0.3) is 5.91 Å². The number of piperazine rings is 1. The third-order valence-corrected chi connectivity index (χ3v) is 7.72. The molecular formula is C20H22ClN5O4S. The second-order valence-electron chi connectivity index (χ2n) is 8.20. The van der Waals surface area contributed by atoms with Gasteiger partial charge in [0.15, 0.2) is 0 Å². The van der Waals surface area contributed by atoms with Crippen molar-refractivity contribution < 1.29 is 18.0 Å². The SMILES string of the molecule is CC1(C)CS(=O)(=O)N(c2cc(C(=O)N3CCN(c4ncccn4)CC3)ccc2Cl)C1=O. The molecule has 1 aromatic heterocycles. The molecule has 2 amide bonds. The molecule has 2 aliphatic heterocycles. The Morgan fingerprint density at radius 2 is 1.74 bits per heavy atom. The van der Waals surface area contributed by atoms with Gasteiger partial charge in [-0.25, -0.2) is 22.7 Å². The number of anilines is 2. The van der Waals surface area contributed by atoms with Gasteiger partial charge in [-0.15, -0.1) is 0 Å². The second-order valence-corrected chi connectivity index (χ2v) is 10.4. The molecule has 31 heavy (non-hydrogen) atoms. The zero-order chi connectivity index (χ0) is 22.4. The first-order valence-corrected chi connectivity index (χ1v) is 11.8. The number of hydrogen-bond donors (Lipinski definition) is 0. The lowest BCUT2D eigenvalue weighted by Gasteiger charge is -2.34. The molecule has 3 heterocycles. The normalized spacial score (nSPS) is 20.2. The van der Waals surface area contributed by atoms with E-state index in [9.17, 15) is 18.0 Å². The van der Waals surface area contributed by atoms with Crippen molar-refractivity contribution in [2.45, 2.75) is 13.8 Å². The summed E-state index contributed by atoms with van der Waals surface area (Å²) in [5, 5.41) is 0.0946. The zero-order valence-corrected chi connectivity index (χ0v) is 18.7. The van der Waals surface area contributed by atoms with Crippen molar-refractivity contribution in [2.24, 2.45) is 5.41 Å². The highest BCUT2D eigenvalue weighted by Crippen LogP contribution is 2.39. The fourth-order valence-electron chi connectivity index (χ4n) is 3.79. The molecule has 2 saturated heterocycles. The summed E-state index contributed by atoms with van der Waals surface area (Å²) in [6.45, 7) is 5.22. The van der Waals surface area contributed by atoms with E-state index in [1.54, 1.807) is 43.3 Å². The lowest BCUT2D eigenvalue weighted by Crippen LogP contribution is -2.49. The number of hydrogen-bond acceptors (Lipinski definition) is 7. The van der Waals surface area contributed by atoms with Gasteiger partial charge in [-0.2, -0.15) is 0 Å². The smallest absolute Gasteiger partial charge is 0.254 e. The Morgan fingerprint density at radius 1 is 1.10 bits per heavy atom. The summed E-state index contributed by atoms with van der Waals surface area (Å²) in [6.07, 6.45) is 3.34. The van der Waals surface area contributed by atoms with Crippen molar-refractivity contribution >= 4 is 45.1 Å². The molecule has 164 valence electrons. The molecule has 4 rings (SSSR count). The summed E-state index contributed by atoms with van der Waals surface area (Å²) in [5.74, 6) is -0.509. The number of halogens is 1. The van der Waals surface area contributed by atoms with E-state index >= 15 is 0 Å². The third kappa shape index (κ3) is 3.97. The maximum absolute atomic E-state index is 13.1. The largest absolute Gasteiger partial charge is 0.337 e. The predicted molar refractivity (Wildman–Crippen MR) is 117 cm³/mol. The third-order valence-electron chi connectivity index (χ3n) is 5.40. The van der Waals surface area contributed by atoms with Crippen LogP contribution in [0.15, 0.2) is 36.7 Å². The molecule has 11 heteroatoms. The van der Waals surface area contributed by atoms with Gasteiger partial charge < -0.3 is 9.80 Å². The van der Waals surface area contributed by atoms with Gasteiger partial charge in [-0.3, -0.25) is 9.59 Å². The number of nitrogens with zero attached hydrogens (tertiary/aromatic N) is 5. The Kier molecular flexibility index (Phi) is 5.38. The lowest BCUT2D eigenvalue weighted by atomic mass is 9.95. The van der Waals surface area contributed by atoms with E-state index in [2.05, 4.69) is 9.97 Å². The fraction of sp³-hybridized carbons (Fsp3) is 0.400. The molecule has 0 aliphatic carbocycles. The molecule has 0 bridgehead atoms. The minimum atomic E-state index is -3.87. The Morgan fingerprint density at radius 3 is 2.32 bits per heavy atom. The van der Waals surface area contributed by atoms with Crippen LogP contribution < -0.4 is 9.21 Å². The molecule has 0 atom stereocenters. The number of amides is 2. The average Bonchev–Trinajstić information content (AvgIpc) is 2.91. The average molecular weight is 464 g/mol. The molecule has 1 aromatic carbocycles. The summed E-state index contributed by atoms with van der Waals surface area (Å²) >= 11 is 6.24. The highest BCUT2D eigenvalue weighted by Gasteiger charge is 2.50. The van der Waals surface area contributed by atoms with Crippen LogP contribution in [0.2, 0.25) is 5.02 Å². The van der Waals surface area contributed by atoms with Crippen molar-refractivity contribution in [2.75, 3.05) is 41.1 Å². The van der Waals surface area contributed by atoms with Gasteiger partial charge in [0.05, 0.1) is 21.9 Å². The minimum absolute atomic E-state index is 0.0133. The molecule has 2 fully saturated rings. The molecule has 2 aliphatic rings. The van der Waals surface area contributed by atoms with Crippen LogP contribution >= 0.6 is 11.6 Å². The minimum Gasteiger partial charge on any atom is -0.337 e. The van der Waals surface area contributed by atoms with Crippen molar-refractivity contribution in [3.63, 3.8) is 0 Å². The number of carbonyl (C=O) groups excluding carboxylic acids is 2. The van der Waals surface area contributed by atoms with Crippen molar-refractivity contribution in [1.82, 2.24) is 14.9 Å². The molecule has 0 unspecified atom stereocenters. The first kappa shape index (κ1) is 21.5. The summed E-state index contributed by atoms with van der Waals surface area (Å²) in [7, 11) is -3.87. The first-order valence-electron chi connectivity index (χ1n) is 9.78. The Hall–Kier alpha value is -2.72. The number of carbonyl (C=O) groups is 2. The number of aromatic nitrogens is 2. The second kappa shape index (κ2) is 7.76. The quantitative estimate of drug-likeness (QED) is 0.683. The van der Waals surface area contributed by atoms with E-state index < -0.39 is 21.3 Å². The number of sulfonamides is 1. The number of rotatable bonds is 3. The monoisotopic (exact) mass is 463 g/mol. The van der Waals surface area contributed by atoms with Crippen LogP contribution in [0.25, 0.3) is 0 Å². The summed E-state index contributed by atoms with van der Waals surface area (Å²) in [5.41, 5.74) is -0.770. The topological polar surface area (TPSA) is 104 Å². The highest BCUT2D eigenvalue weighted by atomic mass is 35.5. The van der Waals surface area contributed by atoms with Crippen LogP contribution in [0, 0.1) is 5.41 Å². The summed E-state index contributed by atoms with van der Waals surface area (Å²) < 4.78 is 26.0. The zero-order valence-electron chi connectivity index (χ0n) is 17.2.